The molecule has 6 unspecified atom stereocenters. The van der Waals surface area contributed by atoms with E-state index in [2.05, 4.69) is 20.8 Å². The highest BCUT2D eigenvalue weighted by Gasteiger charge is 2.37. The van der Waals surface area contributed by atoms with Crippen molar-refractivity contribution in [3.8, 4) is 0 Å². The molecule has 1 heterocycles. The standard InChI is InChI=1S/C15H29NO/c1-4-14-13(7-8-17-14)15(16)12-6-5-10(2)11(3)9-12/h10-15H,4-9,16H2,1-3H3. The van der Waals surface area contributed by atoms with E-state index < -0.39 is 0 Å². The second-order valence-electron chi connectivity index (χ2n) is 6.38. The average molecular weight is 239 g/mol. The van der Waals surface area contributed by atoms with Crippen molar-refractivity contribution >= 4 is 0 Å². The summed E-state index contributed by atoms with van der Waals surface area (Å²) in [4.78, 5) is 0. The summed E-state index contributed by atoms with van der Waals surface area (Å²) < 4.78 is 5.79. The second-order valence-corrected chi connectivity index (χ2v) is 6.38. The van der Waals surface area contributed by atoms with Gasteiger partial charge in [-0.1, -0.05) is 27.2 Å². The van der Waals surface area contributed by atoms with Gasteiger partial charge in [0.25, 0.3) is 0 Å². The van der Waals surface area contributed by atoms with Crippen LogP contribution < -0.4 is 5.73 Å². The SMILES string of the molecule is CCC1OCCC1C(N)C1CCC(C)C(C)C1. The van der Waals surface area contributed by atoms with E-state index in [0.717, 1.165) is 30.8 Å². The van der Waals surface area contributed by atoms with E-state index in [9.17, 15) is 0 Å². The molecule has 0 aromatic heterocycles. The predicted octanol–water partition coefficient (Wildman–Crippen LogP) is 3.20. The minimum absolute atomic E-state index is 0.373. The molecule has 2 nitrogen and oxygen atoms in total. The lowest BCUT2D eigenvalue weighted by Gasteiger charge is -2.38. The van der Waals surface area contributed by atoms with Crippen LogP contribution in [0.4, 0.5) is 0 Å². The molecule has 0 aromatic rings. The topological polar surface area (TPSA) is 35.2 Å². The molecule has 0 aromatic carbocycles. The van der Waals surface area contributed by atoms with Gasteiger partial charge in [0.05, 0.1) is 6.10 Å². The molecule has 2 aliphatic rings. The maximum atomic E-state index is 6.55. The molecule has 1 saturated heterocycles. The first-order valence-corrected chi connectivity index (χ1v) is 7.50. The number of hydrogen-bond acceptors (Lipinski definition) is 2. The summed E-state index contributed by atoms with van der Waals surface area (Å²) in [7, 11) is 0. The Morgan fingerprint density at radius 3 is 2.59 bits per heavy atom. The van der Waals surface area contributed by atoms with Gasteiger partial charge in [-0.15, -0.1) is 0 Å². The smallest absolute Gasteiger partial charge is 0.0616 e. The Bertz CT molecular complexity index is 243. The molecule has 6 atom stereocenters. The third kappa shape index (κ3) is 2.85. The molecule has 0 radical (unpaired) electrons. The van der Waals surface area contributed by atoms with Crippen molar-refractivity contribution < 1.29 is 4.74 Å². The molecule has 0 spiro atoms. The fourth-order valence-electron chi connectivity index (χ4n) is 3.81. The van der Waals surface area contributed by atoms with Gasteiger partial charge in [-0.25, -0.2) is 0 Å². The zero-order chi connectivity index (χ0) is 12.4. The number of rotatable bonds is 3. The van der Waals surface area contributed by atoms with Gasteiger partial charge >= 0.3 is 0 Å². The molecule has 1 aliphatic carbocycles. The van der Waals surface area contributed by atoms with Gasteiger partial charge < -0.3 is 10.5 Å². The fourth-order valence-corrected chi connectivity index (χ4v) is 3.81. The highest BCUT2D eigenvalue weighted by molar-refractivity contribution is 4.90. The van der Waals surface area contributed by atoms with E-state index in [0.29, 0.717) is 18.1 Å². The van der Waals surface area contributed by atoms with Crippen molar-refractivity contribution in [2.24, 2.45) is 29.4 Å². The first-order chi connectivity index (χ1) is 8.13. The van der Waals surface area contributed by atoms with Crippen LogP contribution in [0.5, 0.6) is 0 Å². The highest BCUT2D eigenvalue weighted by Crippen LogP contribution is 2.39. The summed E-state index contributed by atoms with van der Waals surface area (Å²) >= 11 is 0. The molecular weight excluding hydrogens is 210 g/mol. The molecule has 2 N–H and O–H groups in total. The van der Waals surface area contributed by atoms with Crippen LogP contribution in [0.15, 0.2) is 0 Å². The number of ether oxygens (including phenoxy) is 1. The van der Waals surface area contributed by atoms with Crippen LogP contribution in [0.2, 0.25) is 0 Å². The van der Waals surface area contributed by atoms with E-state index in [4.69, 9.17) is 10.5 Å². The van der Waals surface area contributed by atoms with Crippen LogP contribution in [0.25, 0.3) is 0 Å². The zero-order valence-electron chi connectivity index (χ0n) is 11.7. The zero-order valence-corrected chi connectivity index (χ0v) is 11.7. The van der Waals surface area contributed by atoms with Crippen molar-refractivity contribution in [2.75, 3.05) is 6.61 Å². The summed E-state index contributed by atoms with van der Waals surface area (Å²) in [5.74, 6) is 3.09. The molecule has 2 fully saturated rings. The molecule has 0 amide bonds. The third-order valence-electron chi connectivity index (χ3n) is 5.34. The van der Waals surface area contributed by atoms with Crippen LogP contribution in [0.1, 0.15) is 52.9 Å². The molecule has 2 rings (SSSR count). The third-order valence-corrected chi connectivity index (χ3v) is 5.34. The van der Waals surface area contributed by atoms with Crippen LogP contribution in [0, 0.1) is 23.7 Å². The Kier molecular flexibility index (Phi) is 4.48. The van der Waals surface area contributed by atoms with Gasteiger partial charge in [-0.2, -0.15) is 0 Å². The molecule has 1 saturated carbocycles. The van der Waals surface area contributed by atoms with E-state index >= 15 is 0 Å². The molecule has 0 bridgehead atoms. The van der Waals surface area contributed by atoms with Crippen LogP contribution in [-0.2, 0) is 4.74 Å². The molecule has 1 aliphatic heterocycles. The highest BCUT2D eigenvalue weighted by atomic mass is 16.5. The maximum absolute atomic E-state index is 6.55. The molecule has 2 heteroatoms. The van der Waals surface area contributed by atoms with E-state index in [-0.39, 0.29) is 0 Å². The second kappa shape index (κ2) is 5.71. The largest absolute Gasteiger partial charge is 0.378 e. The Morgan fingerprint density at radius 2 is 1.94 bits per heavy atom. The first kappa shape index (κ1) is 13.4. The van der Waals surface area contributed by atoms with Crippen molar-refractivity contribution in [1.29, 1.82) is 0 Å². The maximum Gasteiger partial charge on any atom is 0.0616 e. The van der Waals surface area contributed by atoms with Crippen molar-refractivity contribution in [3.63, 3.8) is 0 Å². The number of hydrogen-bond donors (Lipinski definition) is 1. The quantitative estimate of drug-likeness (QED) is 0.821. The van der Waals surface area contributed by atoms with E-state index in [1.165, 1.54) is 25.7 Å². The van der Waals surface area contributed by atoms with Crippen molar-refractivity contribution in [1.82, 2.24) is 0 Å². The van der Waals surface area contributed by atoms with Gasteiger partial charge in [-0.3, -0.25) is 0 Å². The van der Waals surface area contributed by atoms with E-state index in [1.807, 2.05) is 0 Å². The van der Waals surface area contributed by atoms with Gasteiger partial charge in [0.15, 0.2) is 0 Å². The summed E-state index contributed by atoms with van der Waals surface area (Å²) in [5.41, 5.74) is 6.55. The predicted molar refractivity (Wildman–Crippen MR) is 71.8 cm³/mol. The lowest BCUT2D eigenvalue weighted by Crippen LogP contribution is -2.43. The lowest BCUT2D eigenvalue weighted by atomic mass is 9.70. The van der Waals surface area contributed by atoms with Crippen LogP contribution in [0.3, 0.4) is 0 Å². The number of nitrogens with two attached hydrogens (primary N) is 1. The van der Waals surface area contributed by atoms with Gasteiger partial charge in [0.1, 0.15) is 0 Å². The lowest BCUT2D eigenvalue weighted by molar-refractivity contribution is 0.0660. The van der Waals surface area contributed by atoms with E-state index in [1.54, 1.807) is 0 Å². The van der Waals surface area contributed by atoms with Gasteiger partial charge in [0, 0.05) is 18.6 Å². The average Bonchev–Trinajstić information content (AvgIpc) is 2.80. The van der Waals surface area contributed by atoms with Crippen molar-refractivity contribution in [2.45, 2.75) is 65.0 Å². The van der Waals surface area contributed by atoms with Gasteiger partial charge in [0.2, 0.25) is 0 Å². The first-order valence-electron chi connectivity index (χ1n) is 7.50. The summed E-state index contributed by atoms with van der Waals surface area (Å²) in [5, 5.41) is 0. The Hall–Kier alpha value is -0.0800. The molecule has 17 heavy (non-hydrogen) atoms. The molecular formula is C15H29NO. The monoisotopic (exact) mass is 239 g/mol. The van der Waals surface area contributed by atoms with Crippen molar-refractivity contribution in [3.05, 3.63) is 0 Å². The summed E-state index contributed by atoms with van der Waals surface area (Å²) in [6, 6.07) is 0.373. The minimum atomic E-state index is 0.373. The van der Waals surface area contributed by atoms with Crippen LogP contribution in [-0.4, -0.2) is 18.8 Å². The summed E-state index contributed by atoms with van der Waals surface area (Å²) in [6.45, 7) is 7.93. The molecule has 100 valence electrons. The summed E-state index contributed by atoms with van der Waals surface area (Å²) in [6.07, 6.45) is 6.76. The Labute approximate surface area is 106 Å². The normalized spacial score (nSPS) is 44.8. The Balaban J connectivity index is 1.93. The van der Waals surface area contributed by atoms with Crippen LogP contribution >= 0.6 is 0 Å². The van der Waals surface area contributed by atoms with Gasteiger partial charge in [-0.05, 0) is 43.4 Å². The minimum Gasteiger partial charge on any atom is -0.378 e. The fraction of sp³-hybridized carbons (Fsp3) is 1.00. The Morgan fingerprint density at radius 1 is 1.18 bits per heavy atom.